The van der Waals surface area contributed by atoms with Crippen LogP contribution < -0.4 is 0 Å². The summed E-state index contributed by atoms with van der Waals surface area (Å²) >= 11 is 0. The molecule has 4 rings (SSSR count). The van der Waals surface area contributed by atoms with E-state index in [-0.39, 0.29) is 5.41 Å². The van der Waals surface area contributed by atoms with E-state index in [4.69, 9.17) is 0 Å². The molecule has 0 radical (unpaired) electrons. The number of rotatable bonds is 0. The predicted molar refractivity (Wildman–Crippen MR) is 92.0 cm³/mol. The summed E-state index contributed by atoms with van der Waals surface area (Å²) in [6, 6.07) is 0. The van der Waals surface area contributed by atoms with Gasteiger partial charge in [-0.25, -0.2) is 0 Å². The molecule has 23 heavy (non-hydrogen) atoms. The Balaban J connectivity index is 1.61. The lowest BCUT2D eigenvalue weighted by atomic mass is 9.51. The van der Waals surface area contributed by atoms with Gasteiger partial charge >= 0.3 is 0 Å². The third kappa shape index (κ3) is 2.69. The van der Waals surface area contributed by atoms with Crippen molar-refractivity contribution in [1.29, 1.82) is 0 Å². The Kier molecular flexibility index (Phi) is 3.91. The van der Waals surface area contributed by atoms with Crippen LogP contribution in [0.2, 0.25) is 0 Å². The molecular formula is C21H34O2. The van der Waals surface area contributed by atoms with Gasteiger partial charge in [0, 0.05) is 11.8 Å². The normalized spacial score (nSPS) is 53.7. The fourth-order valence-electron chi connectivity index (χ4n) is 7.17. The minimum absolute atomic E-state index is 0.000582. The van der Waals surface area contributed by atoms with Crippen molar-refractivity contribution in [3.05, 3.63) is 0 Å². The lowest BCUT2D eigenvalue weighted by Gasteiger charge is -2.52. The number of hydrogen-bond donors (Lipinski definition) is 1. The van der Waals surface area contributed by atoms with Crippen molar-refractivity contribution < 1.29 is 9.90 Å². The first kappa shape index (κ1) is 16.1. The first-order valence-corrected chi connectivity index (χ1v) is 10.1. The highest BCUT2D eigenvalue weighted by molar-refractivity contribution is 5.85. The van der Waals surface area contributed by atoms with E-state index in [2.05, 4.69) is 13.8 Å². The zero-order chi connectivity index (χ0) is 16.2. The van der Waals surface area contributed by atoms with E-state index < -0.39 is 5.60 Å². The average molecular weight is 319 g/mol. The molecule has 2 nitrogen and oxygen atoms in total. The first-order valence-electron chi connectivity index (χ1n) is 10.1. The smallest absolute Gasteiger partial charge is 0.139 e. The second-order valence-corrected chi connectivity index (χ2v) is 9.88. The molecule has 1 N–H and O–H groups in total. The molecule has 4 saturated carbocycles. The molecule has 0 aromatic rings. The van der Waals surface area contributed by atoms with Crippen molar-refractivity contribution in [3.63, 3.8) is 0 Å². The maximum absolute atomic E-state index is 12.6. The van der Waals surface area contributed by atoms with Gasteiger partial charge in [-0.1, -0.05) is 13.3 Å². The quantitative estimate of drug-likeness (QED) is 0.700. The Hall–Kier alpha value is -0.370. The summed E-state index contributed by atoms with van der Waals surface area (Å²) in [7, 11) is 0. The van der Waals surface area contributed by atoms with Gasteiger partial charge in [-0.05, 0) is 94.3 Å². The Morgan fingerprint density at radius 3 is 2.65 bits per heavy atom. The van der Waals surface area contributed by atoms with E-state index in [9.17, 15) is 9.90 Å². The summed E-state index contributed by atoms with van der Waals surface area (Å²) in [5.74, 6) is 4.37. The zero-order valence-corrected chi connectivity index (χ0v) is 15.0. The topological polar surface area (TPSA) is 37.3 Å². The summed E-state index contributed by atoms with van der Waals surface area (Å²) in [5.41, 5.74) is -0.435. The van der Waals surface area contributed by atoms with Crippen LogP contribution >= 0.6 is 0 Å². The molecule has 4 aliphatic rings. The number of hydrogen-bond acceptors (Lipinski definition) is 2. The maximum atomic E-state index is 12.6. The standard InChI is InChI=1S/C21H34O2/c1-20(23)10-8-15-12-14(13-20)6-7-17-16(15)9-11-21(2)18(17)4-3-5-19(21)22/h14-18,23H,3-13H2,1-2H3/t14-,15+,16-,17-,18+,20-,21+/m1/s1. The molecule has 2 bridgehead atoms. The van der Waals surface area contributed by atoms with Gasteiger partial charge in [0.15, 0.2) is 0 Å². The summed E-state index contributed by atoms with van der Waals surface area (Å²) < 4.78 is 0. The maximum Gasteiger partial charge on any atom is 0.139 e. The van der Waals surface area contributed by atoms with Crippen molar-refractivity contribution in [1.82, 2.24) is 0 Å². The Morgan fingerprint density at radius 2 is 1.83 bits per heavy atom. The lowest BCUT2D eigenvalue weighted by Crippen LogP contribution is -2.49. The van der Waals surface area contributed by atoms with Gasteiger partial charge in [-0.3, -0.25) is 4.79 Å². The molecule has 7 atom stereocenters. The molecule has 4 aliphatic carbocycles. The number of aliphatic hydroxyl groups is 1. The highest BCUT2D eigenvalue weighted by atomic mass is 16.3. The Bertz CT molecular complexity index is 482. The zero-order valence-electron chi connectivity index (χ0n) is 15.0. The number of carbonyl (C=O) groups is 1. The summed E-state index contributed by atoms with van der Waals surface area (Å²) in [4.78, 5) is 12.6. The van der Waals surface area contributed by atoms with Crippen LogP contribution in [-0.4, -0.2) is 16.5 Å². The van der Waals surface area contributed by atoms with Gasteiger partial charge in [0.05, 0.1) is 5.60 Å². The van der Waals surface area contributed by atoms with E-state index in [0.29, 0.717) is 17.6 Å². The van der Waals surface area contributed by atoms with Crippen LogP contribution in [0.15, 0.2) is 0 Å². The third-order valence-electron chi connectivity index (χ3n) is 8.37. The molecule has 0 aromatic heterocycles. The fraction of sp³-hybridized carbons (Fsp3) is 0.952. The van der Waals surface area contributed by atoms with E-state index in [1.165, 1.54) is 38.5 Å². The van der Waals surface area contributed by atoms with Crippen molar-refractivity contribution in [2.24, 2.45) is 35.0 Å². The van der Waals surface area contributed by atoms with E-state index in [1.807, 2.05) is 0 Å². The minimum atomic E-state index is -0.434. The third-order valence-corrected chi connectivity index (χ3v) is 8.37. The lowest BCUT2D eigenvalue weighted by molar-refractivity contribution is -0.142. The molecule has 0 heterocycles. The molecule has 0 aliphatic heterocycles. The Morgan fingerprint density at radius 1 is 1.00 bits per heavy atom. The van der Waals surface area contributed by atoms with Gasteiger partial charge in [-0.15, -0.1) is 0 Å². The Labute approximate surface area is 141 Å². The predicted octanol–water partition coefficient (Wildman–Crippen LogP) is 4.74. The van der Waals surface area contributed by atoms with Crippen LogP contribution in [0.3, 0.4) is 0 Å². The van der Waals surface area contributed by atoms with E-state index >= 15 is 0 Å². The van der Waals surface area contributed by atoms with Crippen molar-refractivity contribution >= 4 is 5.78 Å². The fourth-order valence-corrected chi connectivity index (χ4v) is 7.17. The molecule has 0 spiro atoms. The number of carbonyl (C=O) groups excluding carboxylic acids is 1. The van der Waals surface area contributed by atoms with Crippen LogP contribution in [0, 0.1) is 35.0 Å². The molecule has 4 fully saturated rings. The van der Waals surface area contributed by atoms with Crippen LogP contribution in [-0.2, 0) is 4.79 Å². The number of ketones is 1. The van der Waals surface area contributed by atoms with Gasteiger partial charge in [0.1, 0.15) is 5.78 Å². The molecule has 0 unspecified atom stereocenters. The van der Waals surface area contributed by atoms with Crippen LogP contribution in [0.1, 0.15) is 84.5 Å². The summed E-state index contributed by atoms with van der Waals surface area (Å²) in [6.07, 6.45) is 12.8. The van der Waals surface area contributed by atoms with Crippen molar-refractivity contribution in [3.8, 4) is 0 Å². The molecule has 0 aromatic carbocycles. The van der Waals surface area contributed by atoms with Crippen molar-refractivity contribution in [2.45, 2.75) is 90.1 Å². The minimum Gasteiger partial charge on any atom is -0.390 e. The summed E-state index contributed by atoms with van der Waals surface area (Å²) in [6.45, 7) is 4.35. The van der Waals surface area contributed by atoms with E-state index in [0.717, 1.165) is 49.9 Å². The van der Waals surface area contributed by atoms with Crippen LogP contribution in [0.5, 0.6) is 0 Å². The second-order valence-electron chi connectivity index (χ2n) is 9.88. The number of Topliss-reactive ketones (excluding diaryl/α,β-unsaturated/α-hetero) is 1. The highest BCUT2D eigenvalue weighted by Gasteiger charge is 2.54. The van der Waals surface area contributed by atoms with Crippen LogP contribution in [0.25, 0.3) is 0 Å². The largest absolute Gasteiger partial charge is 0.390 e. The van der Waals surface area contributed by atoms with Crippen LogP contribution in [0.4, 0.5) is 0 Å². The monoisotopic (exact) mass is 318 g/mol. The van der Waals surface area contributed by atoms with Gasteiger partial charge < -0.3 is 5.11 Å². The SMILES string of the molecule is C[C@@]1(O)CC[C@H]2C[C@@H](CC[C@@H]3[C@@H]2CC[C@]2(C)C(=O)CCC[C@@H]32)C1. The van der Waals surface area contributed by atoms with E-state index in [1.54, 1.807) is 0 Å². The molecule has 130 valence electrons. The molecule has 0 amide bonds. The van der Waals surface area contributed by atoms with Gasteiger partial charge in [-0.2, -0.15) is 0 Å². The number of fused-ring (bicyclic) bond motifs is 6. The highest BCUT2D eigenvalue weighted by Crippen LogP contribution is 2.59. The van der Waals surface area contributed by atoms with Gasteiger partial charge in [0.2, 0.25) is 0 Å². The first-order chi connectivity index (χ1) is 10.9. The second kappa shape index (κ2) is 5.58. The van der Waals surface area contributed by atoms with Crippen molar-refractivity contribution in [2.75, 3.05) is 0 Å². The average Bonchev–Trinajstić information content (AvgIpc) is 2.75. The molecular weight excluding hydrogens is 284 g/mol. The molecule has 2 heteroatoms. The summed E-state index contributed by atoms with van der Waals surface area (Å²) in [5, 5.41) is 10.6. The molecule has 0 saturated heterocycles. The van der Waals surface area contributed by atoms with Gasteiger partial charge in [0.25, 0.3) is 0 Å².